The molecule has 1 aromatic carbocycles. The Labute approximate surface area is 77.8 Å². The molecule has 0 spiro atoms. The first-order chi connectivity index (χ1) is 6.33. The normalized spacial score (nSPS) is 10.9. The Bertz CT molecular complexity index is 413. The van der Waals surface area contributed by atoms with Crippen molar-refractivity contribution >= 4 is 10.9 Å². The van der Waals surface area contributed by atoms with Crippen LogP contribution in [-0.4, -0.2) is 4.98 Å². The van der Waals surface area contributed by atoms with E-state index in [2.05, 4.69) is 36.2 Å². The molecule has 0 bridgehead atoms. The van der Waals surface area contributed by atoms with Crippen LogP contribution in [-0.2, 0) is 13.0 Å². The molecule has 1 heterocycles. The van der Waals surface area contributed by atoms with Crippen LogP contribution < -0.4 is 5.73 Å². The SMILES string of the molecule is CCc1cc2cc(CN)ccc2[nH]1. The zero-order chi connectivity index (χ0) is 9.26. The monoisotopic (exact) mass is 174 g/mol. The Morgan fingerprint density at radius 3 is 2.85 bits per heavy atom. The van der Waals surface area contributed by atoms with Crippen LogP contribution in [0.5, 0.6) is 0 Å². The number of hydrogen-bond donors (Lipinski definition) is 2. The first-order valence-electron chi connectivity index (χ1n) is 4.64. The Balaban J connectivity index is 2.57. The van der Waals surface area contributed by atoms with Crippen molar-refractivity contribution in [3.63, 3.8) is 0 Å². The quantitative estimate of drug-likeness (QED) is 0.720. The van der Waals surface area contributed by atoms with Crippen molar-refractivity contribution in [2.45, 2.75) is 19.9 Å². The third kappa shape index (κ3) is 1.45. The molecule has 0 aliphatic carbocycles. The van der Waals surface area contributed by atoms with E-state index in [1.807, 2.05) is 0 Å². The Morgan fingerprint density at radius 2 is 2.15 bits per heavy atom. The fraction of sp³-hybridized carbons (Fsp3) is 0.273. The van der Waals surface area contributed by atoms with Crippen molar-refractivity contribution in [1.82, 2.24) is 4.98 Å². The highest BCUT2D eigenvalue weighted by atomic mass is 14.7. The lowest BCUT2D eigenvalue weighted by Gasteiger charge is -1.94. The van der Waals surface area contributed by atoms with Crippen molar-refractivity contribution in [3.05, 3.63) is 35.5 Å². The highest BCUT2D eigenvalue weighted by Gasteiger charge is 1.99. The molecule has 0 radical (unpaired) electrons. The number of rotatable bonds is 2. The minimum absolute atomic E-state index is 0.614. The summed E-state index contributed by atoms with van der Waals surface area (Å²) in [7, 11) is 0. The molecule has 2 heteroatoms. The van der Waals surface area contributed by atoms with Crippen LogP contribution in [0.2, 0.25) is 0 Å². The lowest BCUT2D eigenvalue weighted by atomic mass is 10.1. The van der Waals surface area contributed by atoms with Crippen LogP contribution in [0.1, 0.15) is 18.2 Å². The van der Waals surface area contributed by atoms with Gasteiger partial charge in [-0.3, -0.25) is 0 Å². The minimum atomic E-state index is 0.614. The number of H-pyrrole nitrogens is 1. The summed E-state index contributed by atoms with van der Waals surface area (Å²) in [6.07, 6.45) is 1.05. The Morgan fingerprint density at radius 1 is 1.31 bits per heavy atom. The van der Waals surface area contributed by atoms with E-state index < -0.39 is 0 Å². The van der Waals surface area contributed by atoms with Crippen molar-refractivity contribution in [2.24, 2.45) is 5.73 Å². The summed E-state index contributed by atoms with van der Waals surface area (Å²) >= 11 is 0. The summed E-state index contributed by atoms with van der Waals surface area (Å²) in [6, 6.07) is 8.49. The molecular formula is C11H14N2. The highest BCUT2D eigenvalue weighted by Crippen LogP contribution is 2.17. The van der Waals surface area contributed by atoms with E-state index in [1.165, 1.54) is 22.2 Å². The first-order valence-corrected chi connectivity index (χ1v) is 4.64. The van der Waals surface area contributed by atoms with E-state index in [9.17, 15) is 0 Å². The van der Waals surface area contributed by atoms with E-state index in [0.717, 1.165) is 6.42 Å². The molecule has 3 N–H and O–H groups in total. The fourth-order valence-electron chi connectivity index (χ4n) is 1.56. The predicted molar refractivity (Wildman–Crippen MR) is 55.6 cm³/mol. The van der Waals surface area contributed by atoms with Gasteiger partial charge in [-0.25, -0.2) is 0 Å². The van der Waals surface area contributed by atoms with E-state index in [-0.39, 0.29) is 0 Å². The summed E-state index contributed by atoms with van der Waals surface area (Å²) in [5.41, 5.74) is 9.24. The van der Waals surface area contributed by atoms with Gasteiger partial charge in [0.05, 0.1) is 0 Å². The second-order valence-corrected chi connectivity index (χ2v) is 3.27. The van der Waals surface area contributed by atoms with Gasteiger partial charge in [-0.05, 0) is 35.6 Å². The van der Waals surface area contributed by atoms with Gasteiger partial charge in [0.15, 0.2) is 0 Å². The Hall–Kier alpha value is -1.28. The van der Waals surface area contributed by atoms with Gasteiger partial charge in [-0.2, -0.15) is 0 Å². The average molecular weight is 174 g/mol. The maximum atomic E-state index is 5.57. The molecule has 0 fully saturated rings. The number of benzene rings is 1. The van der Waals surface area contributed by atoms with Gasteiger partial charge in [0.2, 0.25) is 0 Å². The third-order valence-electron chi connectivity index (χ3n) is 2.36. The van der Waals surface area contributed by atoms with Gasteiger partial charge in [-0.1, -0.05) is 13.0 Å². The molecule has 0 unspecified atom stereocenters. The summed E-state index contributed by atoms with van der Waals surface area (Å²) in [6.45, 7) is 2.76. The topological polar surface area (TPSA) is 41.8 Å². The third-order valence-corrected chi connectivity index (χ3v) is 2.36. The van der Waals surface area contributed by atoms with E-state index in [4.69, 9.17) is 5.73 Å². The van der Waals surface area contributed by atoms with Crippen LogP contribution in [0.4, 0.5) is 0 Å². The van der Waals surface area contributed by atoms with Crippen molar-refractivity contribution in [2.75, 3.05) is 0 Å². The molecule has 68 valence electrons. The van der Waals surface area contributed by atoms with Gasteiger partial charge in [0.25, 0.3) is 0 Å². The maximum Gasteiger partial charge on any atom is 0.0456 e. The van der Waals surface area contributed by atoms with Crippen LogP contribution in [0.25, 0.3) is 10.9 Å². The zero-order valence-corrected chi connectivity index (χ0v) is 7.80. The van der Waals surface area contributed by atoms with Gasteiger partial charge < -0.3 is 10.7 Å². The summed E-state index contributed by atoms with van der Waals surface area (Å²) < 4.78 is 0. The molecular weight excluding hydrogens is 160 g/mol. The molecule has 2 aromatic rings. The molecule has 0 amide bonds. The number of hydrogen-bond acceptors (Lipinski definition) is 1. The standard InChI is InChI=1S/C11H14N2/c1-2-10-6-9-5-8(7-12)3-4-11(9)13-10/h3-6,13H,2,7,12H2,1H3. The number of aryl methyl sites for hydroxylation is 1. The highest BCUT2D eigenvalue weighted by molar-refractivity contribution is 5.81. The van der Waals surface area contributed by atoms with Gasteiger partial charge in [0, 0.05) is 17.8 Å². The lowest BCUT2D eigenvalue weighted by molar-refractivity contribution is 1.07. The smallest absolute Gasteiger partial charge is 0.0456 e. The average Bonchev–Trinajstić information content (AvgIpc) is 2.58. The second kappa shape index (κ2) is 3.23. The van der Waals surface area contributed by atoms with E-state index >= 15 is 0 Å². The van der Waals surface area contributed by atoms with Gasteiger partial charge in [-0.15, -0.1) is 0 Å². The number of nitrogens with two attached hydrogens (primary N) is 1. The molecule has 0 atom stereocenters. The largest absolute Gasteiger partial charge is 0.358 e. The molecule has 2 nitrogen and oxygen atoms in total. The molecule has 1 aromatic heterocycles. The van der Waals surface area contributed by atoms with E-state index in [1.54, 1.807) is 0 Å². The molecule has 0 aliphatic heterocycles. The molecule has 0 saturated carbocycles. The zero-order valence-electron chi connectivity index (χ0n) is 7.80. The second-order valence-electron chi connectivity index (χ2n) is 3.27. The van der Waals surface area contributed by atoms with Gasteiger partial charge in [0.1, 0.15) is 0 Å². The molecule has 13 heavy (non-hydrogen) atoms. The number of aromatic amines is 1. The lowest BCUT2D eigenvalue weighted by Crippen LogP contribution is -1.94. The molecule has 0 aliphatic rings. The first kappa shape index (κ1) is 8.32. The Kier molecular flexibility index (Phi) is 2.07. The minimum Gasteiger partial charge on any atom is -0.358 e. The molecule has 2 rings (SSSR count). The molecule has 0 saturated heterocycles. The summed E-state index contributed by atoms with van der Waals surface area (Å²) in [4.78, 5) is 3.36. The predicted octanol–water partition coefficient (Wildman–Crippen LogP) is 2.19. The number of fused-ring (bicyclic) bond motifs is 1. The van der Waals surface area contributed by atoms with E-state index in [0.29, 0.717) is 6.54 Å². The van der Waals surface area contributed by atoms with Crippen LogP contribution in [0.15, 0.2) is 24.3 Å². The van der Waals surface area contributed by atoms with Crippen molar-refractivity contribution in [3.8, 4) is 0 Å². The summed E-state index contributed by atoms with van der Waals surface area (Å²) in [5.74, 6) is 0. The summed E-state index contributed by atoms with van der Waals surface area (Å²) in [5, 5.41) is 1.26. The maximum absolute atomic E-state index is 5.57. The van der Waals surface area contributed by atoms with Crippen LogP contribution in [0.3, 0.4) is 0 Å². The number of aromatic nitrogens is 1. The fourth-order valence-corrected chi connectivity index (χ4v) is 1.56. The van der Waals surface area contributed by atoms with Crippen LogP contribution >= 0.6 is 0 Å². The van der Waals surface area contributed by atoms with Crippen molar-refractivity contribution in [1.29, 1.82) is 0 Å². The number of nitrogens with one attached hydrogen (secondary N) is 1. The van der Waals surface area contributed by atoms with Crippen molar-refractivity contribution < 1.29 is 0 Å². The van der Waals surface area contributed by atoms with Gasteiger partial charge >= 0.3 is 0 Å². The van der Waals surface area contributed by atoms with Crippen LogP contribution in [0, 0.1) is 0 Å².